The maximum atomic E-state index is 12.4. The first kappa shape index (κ1) is 18.7. The minimum atomic E-state index is -0.0988. The molecular weight excluding hydrogens is 328 g/mol. The van der Waals surface area contributed by atoms with Crippen LogP contribution >= 0.6 is 11.6 Å². The lowest BCUT2D eigenvalue weighted by Gasteiger charge is -2.33. The summed E-state index contributed by atoms with van der Waals surface area (Å²) < 4.78 is 0. The summed E-state index contributed by atoms with van der Waals surface area (Å²) in [5, 5.41) is 3.30. The van der Waals surface area contributed by atoms with Crippen LogP contribution in [0.1, 0.15) is 26.7 Å². The van der Waals surface area contributed by atoms with E-state index in [1.807, 2.05) is 18.7 Å². The fourth-order valence-corrected chi connectivity index (χ4v) is 3.08. The van der Waals surface area contributed by atoms with Crippen molar-refractivity contribution in [3.8, 4) is 0 Å². The third kappa shape index (κ3) is 5.18. The zero-order chi connectivity index (χ0) is 17.5. The molecule has 6 nitrogen and oxygen atoms in total. The van der Waals surface area contributed by atoms with Crippen molar-refractivity contribution in [2.75, 3.05) is 38.0 Å². The number of pyridine rings is 1. The normalized spacial score (nSPS) is 16.0. The van der Waals surface area contributed by atoms with Crippen molar-refractivity contribution in [1.82, 2.24) is 14.8 Å². The molecule has 0 saturated carbocycles. The van der Waals surface area contributed by atoms with Gasteiger partial charge in [-0.2, -0.15) is 0 Å². The Hall–Kier alpha value is -1.66. The number of hydrogen-bond acceptors (Lipinski definition) is 4. The molecule has 2 heterocycles. The molecule has 0 radical (unpaired) electrons. The van der Waals surface area contributed by atoms with Crippen LogP contribution in [0.15, 0.2) is 18.3 Å². The second-order valence-corrected chi connectivity index (χ2v) is 6.41. The minimum Gasteiger partial charge on any atom is -0.343 e. The number of nitrogens with zero attached hydrogens (tertiary/aromatic N) is 3. The Bertz CT molecular complexity index is 552. The average molecular weight is 353 g/mol. The number of carbonyl (C=O) groups excluding carboxylic acids is 2. The van der Waals surface area contributed by atoms with Gasteiger partial charge >= 0.3 is 0 Å². The number of anilines is 1. The number of piperidine rings is 1. The number of amides is 2. The van der Waals surface area contributed by atoms with E-state index in [0.29, 0.717) is 17.4 Å². The van der Waals surface area contributed by atoms with Gasteiger partial charge in [-0.25, -0.2) is 4.98 Å². The Morgan fingerprint density at radius 1 is 1.29 bits per heavy atom. The molecule has 0 bridgehead atoms. The molecule has 0 aromatic carbocycles. The molecule has 1 fully saturated rings. The van der Waals surface area contributed by atoms with Crippen LogP contribution in [-0.2, 0) is 9.59 Å². The molecule has 0 aliphatic carbocycles. The zero-order valence-electron chi connectivity index (χ0n) is 14.3. The van der Waals surface area contributed by atoms with E-state index in [-0.39, 0.29) is 17.7 Å². The predicted molar refractivity (Wildman–Crippen MR) is 95.0 cm³/mol. The number of likely N-dealkylation sites (tertiary alicyclic amines) is 1. The van der Waals surface area contributed by atoms with E-state index in [1.54, 1.807) is 12.1 Å². The fourth-order valence-electron chi connectivity index (χ4n) is 2.97. The highest BCUT2D eigenvalue weighted by Gasteiger charge is 2.28. The largest absolute Gasteiger partial charge is 0.343 e. The Labute approximate surface area is 148 Å². The zero-order valence-corrected chi connectivity index (χ0v) is 15.1. The fraction of sp³-hybridized carbons (Fsp3) is 0.588. The van der Waals surface area contributed by atoms with Crippen LogP contribution in [0.3, 0.4) is 0 Å². The summed E-state index contributed by atoms with van der Waals surface area (Å²) in [6.45, 7) is 7.37. The van der Waals surface area contributed by atoms with Crippen molar-refractivity contribution in [3.05, 3.63) is 23.4 Å². The highest BCUT2D eigenvalue weighted by Crippen LogP contribution is 2.19. The molecule has 1 aliphatic heterocycles. The van der Waals surface area contributed by atoms with Gasteiger partial charge in [-0.1, -0.05) is 11.6 Å². The van der Waals surface area contributed by atoms with Crippen LogP contribution in [0.25, 0.3) is 0 Å². The first-order valence-electron chi connectivity index (χ1n) is 8.46. The maximum Gasteiger partial charge on any atom is 0.239 e. The van der Waals surface area contributed by atoms with E-state index in [1.165, 1.54) is 6.20 Å². The second kappa shape index (κ2) is 8.99. The minimum absolute atomic E-state index is 0.0853. The average Bonchev–Trinajstić information content (AvgIpc) is 2.58. The quantitative estimate of drug-likeness (QED) is 0.852. The lowest BCUT2D eigenvalue weighted by Crippen LogP contribution is -2.44. The van der Waals surface area contributed by atoms with E-state index in [2.05, 4.69) is 15.2 Å². The summed E-state index contributed by atoms with van der Waals surface area (Å²) in [5.41, 5.74) is 0. The van der Waals surface area contributed by atoms with E-state index in [4.69, 9.17) is 11.6 Å². The summed E-state index contributed by atoms with van der Waals surface area (Å²) in [6, 6.07) is 3.36. The molecular formula is C17H25ClN4O2. The standard InChI is InChI=1S/C17H25ClN4O2/c1-3-22(4-2)17(24)13-7-9-21(10-8-13)12-16(23)20-15-6-5-14(18)11-19-15/h5-6,11,13H,3-4,7-10,12H2,1-2H3,(H,19,20,23). The molecule has 2 rings (SSSR count). The highest BCUT2D eigenvalue weighted by molar-refractivity contribution is 6.30. The molecule has 0 atom stereocenters. The van der Waals surface area contributed by atoms with Crippen LogP contribution < -0.4 is 5.32 Å². The first-order chi connectivity index (χ1) is 11.5. The van der Waals surface area contributed by atoms with Crippen molar-refractivity contribution < 1.29 is 9.59 Å². The molecule has 1 N–H and O–H groups in total. The smallest absolute Gasteiger partial charge is 0.239 e. The van der Waals surface area contributed by atoms with Crippen molar-refractivity contribution >= 4 is 29.2 Å². The molecule has 2 amide bonds. The van der Waals surface area contributed by atoms with E-state index >= 15 is 0 Å². The van der Waals surface area contributed by atoms with Crippen molar-refractivity contribution in [1.29, 1.82) is 0 Å². The monoisotopic (exact) mass is 352 g/mol. The van der Waals surface area contributed by atoms with E-state index in [9.17, 15) is 9.59 Å². The number of halogens is 1. The van der Waals surface area contributed by atoms with Gasteiger partial charge in [0.1, 0.15) is 5.82 Å². The first-order valence-corrected chi connectivity index (χ1v) is 8.83. The van der Waals surface area contributed by atoms with Gasteiger partial charge in [0.15, 0.2) is 0 Å². The Morgan fingerprint density at radius 2 is 1.96 bits per heavy atom. The van der Waals surface area contributed by atoms with Crippen LogP contribution in [0.2, 0.25) is 5.02 Å². The van der Waals surface area contributed by atoms with Crippen LogP contribution in [0.4, 0.5) is 5.82 Å². The second-order valence-electron chi connectivity index (χ2n) is 5.97. The maximum absolute atomic E-state index is 12.4. The molecule has 1 aromatic heterocycles. The lowest BCUT2D eigenvalue weighted by atomic mass is 9.95. The van der Waals surface area contributed by atoms with Gasteiger partial charge in [-0.05, 0) is 51.9 Å². The van der Waals surface area contributed by atoms with Gasteiger partial charge in [-0.15, -0.1) is 0 Å². The van der Waals surface area contributed by atoms with Crippen molar-refractivity contribution in [2.24, 2.45) is 5.92 Å². The van der Waals surface area contributed by atoms with Gasteiger partial charge in [-0.3, -0.25) is 14.5 Å². The Morgan fingerprint density at radius 3 is 2.50 bits per heavy atom. The highest BCUT2D eigenvalue weighted by atomic mass is 35.5. The van der Waals surface area contributed by atoms with Crippen LogP contribution in [0.5, 0.6) is 0 Å². The van der Waals surface area contributed by atoms with Crippen LogP contribution in [0, 0.1) is 5.92 Å². The third-order valence-corrected chi connectivity index (χ3v) is 4.60. The number of aromatic nitrogens is 1. The lowest BCUT2D eigenvalue weighted by molar-refractivity contribution is -0.136. The van der Waals surface area contributed by atoms with Crippen LogP contribution in [-0.4, -0.2) is 59.3 Å². The summed E-state index contributed by atoms with van der Waals surface area (Å²) >= 11 is 5.77. The topological polar surface area (TPSA) is 65.5 Å². The number of nitrogens with one attached hydrogen (secondary N) is 1. The van der Waals surface area contributed by atoms with Gasteiger partial charge < -0.3 is 10.2 Å². The molecule has 1 saturated heterocycles. The summed E-state index contributed by atoms with van der Waals surface area (Å²) in [5.74, 6) is 0.728. The molecule has 1 aromatic rings. The number of rotatable bonds is 6. The summed E-state index contributed by atoms with van der Waals surface area (Å²) in [4.78, 5) is 32.5. The van der Waals surface area contributed by atoms with Gasteiger partial charge in [0.25, 0.3) is 0 Å². The van der Waals surface area contributed by atoms with Gasteiger partial charge in [0.2, 0.25) is 11.8 Å². The molecule has 0 unspecified atom stereocenters. The summed E-state index contributed by atoms with van der Waals surface area (Å²) in [6.07, 6.45) is 3.12. The third-order valence-electron chi connectivity index (χ3n) is 4.37. The number of hydrogen-bond donors (Lipinski definition) is 1. The molecule has 7 heteroatoms. The van der Waals surface area contributed by atoms with Gasteiger partial charge in [0.05, 0.1) is 11.6 Å². The van der Waals surface area contributed by atoms with Crippen molar-refractivity contribution in [2.45, 2.75) is 26.7 Å². The van der Waals surface area contributed by atoms with E-state index < -0.39 is 0 Å². The molecule has 24 heavy (non-hydrogen) atoms. The Kier molecular flexibility index (Phi) is 6.99. The number of carbonyl (C=O) groups is 2. The predicted octanol–water partition coefficient (Wildman–Crippen LogP) is 2.25. The Balaban J connectivity index is 1.77. The molecule has 0 spiro atoms. The molecule has 132 valence electrons. The van der Waals surface area contributed by atoms with Crippen molar-refractivity contribution in [3.63, 3.8) is 0 Å². The molecule has 1 aliphatic rings. The van der Waals surface area contributed by atoms with E-state index in [0.717, 1.165) is 39.0 Å². The van der Waals surface area contributed by atoms with Gasteiger partial charge in [0, 0.05) is 25.2 Å². The SMILES string of the molecule is CCN(CC)C(=O)C1CCN(CC(=O)Nc2ccc(Cl)cn2)CC1. The summed E-state index contributed by atoms with van der Waals surface area (Å²) in [7, 11) is 0.